The van der Waals surface area contributed by atoms with Gasteiger partial charge in [-0.15, -0.1) is 0 Å². The van der Waals surface area contributed by atoms with Crippen LogP contribution < -0.4 is 21.7 Å². The molecule has 3 aliphatic heterocycles. The van der Waals surface area contributed by atoms with Gasteiger partial charge in [0.2, 0.25) is 5.95 Å². The van der Waals surface area contributed by atoms with Gasteiger partial charge in [-0.2, -0.15) is 0 Å². The van der Waals surface area contributed by atoms with Crippen LogP contribution >= 0.6 is 0 Å². The minimum absolute atomic E-state index is 0.152. The van der Waals surface area contributed by atoms with Crippen LogP contribution in [0.25, 0.3) is 11.8 Å². The fourth-order valence-electron chi connectivity index (χ4n) is 7.69. The molecule has 1 aliphatic carbocycles. The van der Waals surface area contributed by atoms with Gasteiger partial charge in [-0.3, -0.25) is 0 Å². The average Bonchev–Trinajstić information content (AvgIpc) is 3.30. The maximum absolute atomic E-state index is 10.2. The Morgan fingerprint density at radius 1 is 1.05 bits per heavy atom. The molecule has 3 aromatic rings. The van der Waals surface area contributed by atoms with Crippen molar-refractivity contribution in [3.63, 3.8) is 0 Å². The lowest BCUT2D eigenvalue weighted by molar-refractivity contribution is -0.0292. The second-order valence-electron chi connectivity index (χ2n) is 12.6. The van der Waals surface area contributed by atoms with Gasteiger partial charge in [0.1, 0.15) is 11.6 Å². The fraction of sp³-hybridized carbons (Fsp3) is 0.500. The molecule has 3 fully saturated rings. The number of fused-ring (bicyclic) bond motifs is 1. The molecule has 2 saturated heterocycles. The number of para-hydroxylation sites is 1. The van der Waals surface area contributed by atoms with Crippen LogP contribution in [0.5, 0.6) is 5.75 Å². The largest absolute Gasteiger partial charge is 0.507 e. The van der Waals surface area contributed by atoms with Gasteiger partial charge in [0, 0.05) is 66.0 Å². The number of likely N-dealkylation sites (tertiary alicyclic amines) is 1. The SMILES string of the molecule is N/C(=C\c1c(N)[nH]c2c1CN(c1ncc(C3CCN(C4CC5(CCNCC5)C4)CC3)cn1)CC2)c1ccccc1O. The van der Waals surface area contributed by atoms with Crippen LogP contribution in [-0.2, 0) is 13.0 Å². The number of H-pyrrole nitrogens is 1. The first-order chi connectivity index (χ1) is 20.0. The summed E-state index contributed by atoms with van der Waals surface area (Å²) in [6.07, 6.45) is 14.7. The Morgan fingerprint density at radius 3 is 2.51 bits per heavy atom. The Bertz CT molecular complexity index is 1410. The smallest absolute Gasteiger partial charge is 0.225 e. The second kappa shape index (κ2) is 10.7. The number of phenols is 1. The van der Waals surface area contributed by atoms with E-state index < -0.39 is 0 Å². The summed E-state index contributed by atoms with van der Waals surface area (Å²) in [4.78, 5) is 18.0. The van der Waals surface area contributed by atoms with Crippen LogP contribution in [0, 0.1) is 5.41 Å². The lowest BCUT2D eigenvalue weighted by Crippen LogP contribution is -2.55. The highest BCUT2D eigenvalue weighted by molar-refractivity contribution is 5.86. The van der Waals surface area contributed by atoms with Gasteiger partial charge in [0.15, 0.2) is 0 Å². The molecular weight excluding hydrogens is 512 g/mol. The number of aromatic amines is 1. The van der Waals surface area contributed by atoms with Crippen LogP contribution in [0.3, 0.4) is 0 Å². The number of piperidine rings is 2. The van der Waals surface area contributed by atoms with Crippen molar-refractivity contribution in [1.29, 1.82) is 0 Å². The molecule has 1 spiro atoms. The van der Waals surface area contributed by atoms with Crippen molar-refractivity contribution in [2.24, 2.45) is 11.1 Å². The number of rotatable bonds is 5. The second-order valence-corrected chi connectivity index (χ2v) is 12.6. The first kappa shape index (κ1) is 26.3. The molecule has 9 nitrogen and oxygen atoms in total. The molecule has 41 heavy (non-hydrogen) atoms. The number of phenolic OH excluding ortho intramolecular Hbond substituents is 1. The number of hydrogen-bond acceptors (Lipinski definition) is 8. The first-order valence-corrected chi connectivity index (χ1v) is 15.2. The van der Waals surface area contributed by atoms with Crippen molar-refractivity contribution in [2.75, 3.05) is 43.4 Å². The van der Waals surface area contributed by atoms with Gasteiger partial charge in [-0.1, -0.05) is 12.1 Å². The van der Waals surface area contributed by atoms with Crippen molar-refractivity contribution in [3.8, 4) is 5.75 Å². The van der Waals surface area contributed by atoms with Gasteiger partial charge >= 0.3 is 0 Å². The van der Waals surface area contributed by atoms with E-state index in [0.717, 1.165) is 41.8 Å². The van der Waals surface area contributed by atoms with E-state index in [1.54, 1.807) is 18.2 Å². The van der Waals surface area contributed by atoms with E-state index in [4.69, 9.17) is 21.4 Å². The Labute approximate surface area is 242 Å². The molecule has 1 saturated carbocycles. The molecule has 0 amide bonds. The Morgan fingerprint density at radius 2 is 1.78 bits per heavy atom. The van der Waals surface area contributed by atoms with Crippen LogP contribution in [0.15, 0.2) is 36.7 Å². The van der Waals surface area contributed by atoms with Gasteiger partial charge in [0.05, 0.1) is 0 Å². The molecule has 0 unspecified atom stereocenters. The summed E-state index contributed by atoms with van der Waals surface area (Å²) in [5, 5.41) is 13.8. The summed E-state index contributed by atoms with van der Waals surface area (Å²) in [7, 11) is 0. The van der Waals surface area contributed by atoms with Gasteiger partial charge in [-0.25, -0.2) is 9.97 Å². The molecule has 0 bridgehead atoms. The highest BCUT2D eigenvalue weighted by Crippen LogP contribution is 2.50. The lowest BCUT2D eigenvalue weighted by Gasteiger charge is -2.55. The number of nitrogens with two attached hydrogens (primary N) is 2. The predicted molar refractivity (Wildman–Crippen MR) is 163 cm³/mol. The minimum Gasteiger partial charge on any atom is -0.507 e. The highest BCUT2D eigenvalue weighted by atomic mass is 16.3. The highest BCUT2D eigenvalue weighted by Gasteiger charge is 2.47. The Balaban J connectivity index is 0.987. The average molecular weight is 555 g/mol. The maximum atomic E-state index is 10.2. The molecule has 2 aromatic heterocycles. The van der Waals surface area contributed by atoms with E-state index in [0.29, 0.717) is 35.0 Å². The number of anilines is 2. The monoisotopic (exact) mass is 554 g/mol. The normalized spacial score (nSPS) is 22.0. The summed E-state index contributed by atoms with van der Waals surface area (Å²) >= 11 is 0. The summed E-state index contributed by atoms with van der Waals surface area (Å²) < 4.78 is 0. The van der Waals surface area contributed by atoms with Crippen LogP contribution in [0.4, 0.5) is 11.8 Å². The summed E-state index contributed by atoms with van der Waals surface area (Å²) in [6, 6.07) is 7.88. The third-order valence-electron chi connectivity index (χ3n) is 10.2. The van der Waals surface area contributed by atoms with Gasteiger partial charge < -0.3 is 36.7 Å². The van der Waals surface area contributed by atoms with E-state index in [1.165, 1.54) is 70.3 Å². The van der Waals surface area contributed by atoms with Crippen LogP contribution in [0.2, 0.25) is 0 Å². The van der Waals surface area contributed by atoms with Gasteiger partial charge in [0.25, 0.3) is 0 Å². The summed E-state index contributed by atoms with van der Waals surface area (Å²) in [5.74, 6) is 2.03. The molecule has 9 heteroatoms. The number of nitrogens with zero attached hydrogens (tertiary/aromatic N) is 4. The Hall–Kier alpha value is -3.56. The third-order valence-corrected chi connectivity index (χ3v) is 10.2. The van der Waals surface area contributed by atoms with Crippen LogP contribution in [-0.4, -0.2) is 63.7 Å². The van der Waals surface area contributed by atoms with Crippen LogP contribution in [0.1, 0.15) is 72.4 Å². The topological polar surface area (TPSA) is 132 Å². The Kier molecular flexibility index (Phi) is 6.87. The van der Waals surface area contributed by atoms with E-state index in [9.17, 15) is 5.11 Å². The molecule has 0 atom stereocenters. The fourth-order valence-corrected chi connectivity index (χ4v) is 7.69. The number of hydrogen-bond donors (Lipinski definition) is 5. The third kappa shape index (κ3) is 5.06. The number of nitrogens with one attached hydrogen (secondary N) is 2. The summed E-state index contributed by atoms with van der Waals surface area (Å²) in [6.45, 7) is 6.26. The first-order valence-electron chi connectivity index (χ1n) is 15.2. The number of aromatic nitrogens is 3. The zero-order valence-corrected chi connectivity index (χ0v) is 23.8. The van der Waals surface area contributed by atoms with Crippen molar-refractivity contribution in [1.82, 2.24) is 25.2 Å². The van der Waals surface area contributed by atoms with E-state index in [2.05, 4.69) is 20.1 Å². The zero-order valence-electron chi connectivity index (χ0n) is 23.8. The zero-order chi connectivity index (χ0) is 28.0. The molecule has 7 rings (SSSR count). The standard InChI is InChI=1S/C32H42N8O/c33-27(24-3-1-2-4-29(24)41)15-25-26-20-40(14-7-28(26)38-30(25)34)31-36-18-22(19-37-31)21-5-12-39(13-6-21)23-16-32(17-23)8-10-35-11-9-32/h1-4,15,18-19,21,23,35,38,41H,5-14,16-17,20,33-34H2/b27-15-. The summed E-state index contributed by atoms with van der Waals surface area (Å²) in [5.41, 5.74) is 18.8. The molecule has 4 aliphatic rings. The number of nitrogen functional groups attached to an aromatic ring is 1. The van der Waals surface area contributed by atoms with Gasteiger partial charge in [-0.05, 0) is 99.8 Å². The van der Waals surface area contributed by atoms with E-state index in [1.807, 2.05) is 24.5 Å². The molecule has 7 N–H and O–H groups in total. The van der Waals surface area contributed by atoms with Crippen molar-refractivity contribution in [3.05, 3.63) is 64.6 Å². The quantitative estimate of drug-likeness (QED) is 0.322. The molecule has 1 aromatic carbocycles. The predicted octanol–water partition coefficient (Wildman–Crippen LogP) is 3.82. The minimum atomic E-state index is 0.152. The maximum Gasteiger partial charge on any atom is 0.225 e. The van der Waals surface area contributed by atoms with Crippen molar-refractivity contribution in [2.45, 2.75) is 63.5 Å². The van der Waals surface area contributed by atoms with E-state index >= 15 is 0 Å². The molecule has 5 heterocycles. The molecule has 0 radical (unpaired) electrons. The van der Waals surface area contributed by atoms with E-state index in [-0.39, 0.29) is 5.75 Å². The molecule has 216 valence electrons. The molecular formula is C32H42N8O. The lowest BCUT2D eigenvalue weighted by atomic mass is 9.60. The van der Waals surface area contributed by atoms with Crippen molar-refractivity contribution >= 4 is 23.5 Å². The van der Waals surface area contributed by atoms with Crippen molar-refractivity contribution < 1.29 is 5.11 Å². The number of benzene rings is 1. The number of aromatic hydroxyl groups is 1.